The van der Waals surface area contributed by atoms with E-state index in [9.17, 15) is 10.1 Å². The summed E-state index contributed by atoms with van der Waals surface area (Å²) in [4.78, 5) is 19.4. The number of amides is 1. The standard InChI is InChI=1S/C22H19N3O2S/c1-3-20-22(26)25(12-17-7-5-4-6-16(17)11-23)19-10-15(8-9-21(19)27-20)18-13-28-14(2)24-18/h4-10,13,20H,3,12H2,1-2H3. The van der Waals surface area contributed by atoms with Gasteiger partial charge in [-0.3, -0.25) is 4.79 Å². The first-order valence-corrected chi connectivity index (χ1v) is 10.0. The van der Waals surface area contributed by atoms with Gasteiger partial charge in [-0.1, -0.05) is 25.1 Å². The van der Waals surface area contributed by atoms with Crippen LogP contribution in [-0.2, 0) is 11.3 Å². The van der Waals surface area contributed by atoms with Crippen molar-refractivity contribution in [3.05, 3.63) is 64.0 Å². The molecule has 0 N–H and O–H groups in total. The lowest BCUT2D eigenvalue weighted by Crippen LogP contribution is -2.45. The number of aryl methyl sites for hydroxylation is 1. The molecule has 1 aliphatic heterocycles. The number of hydrogen-bond acceptors (Lipinski definition) is 5. The van der Waals surface area contributed by atoms with Gasteiger partial charge >= 0.3 is 0 Å². The van der Waals surface area contributed by atoms with Crippen molar-refractivity contribution in [2.45, 2.75) is 32.9 Å². The first-order chi connectivity index (χ1) is 13.6. The van der Waals surface area contributed by atoms with E-state index in [1.165, 1.54) is 0 Å². The number of benzene rings is 2. The van der Waals surface area contributed by atoms with Crippen molar-refractivity contribution in [1.29, 1.82) is 5.26 Å². The third-order valence-corrected chi connectivity index (χ3v) is 5.59. The van der Waals surface area contributed by atoms with Gasteiger partial charge in [0.15, 0.2) is 6.10 Å². The van der Waals surface area contributed by atoms with Gasteiger partial charge in [-0.2, -0.15) is 5.26 Å². The second kappa shape index (κ2) is 7.45. The van der Waals surface area contributed by atoms with Crippen LogP contribution in [0, 0.1) is 18.3 Å². The normalized spacial score (nSPS) is 15.7. The summed E-state index contributed by atoms with van der Waals surface area (Å²) in [6.07, 6.45) is 0.0657. The highest BCUT2D eigenvalue weighted by molar-refractivity contribution is 7.09. The molecule has 28 heavy (non-hydrogen) atoms. The van der Waals surface area contributed by atoms with Crippen LogP contribution in [-0.4, -0.2) is 17.0 Å². The van der Waals surface area contributed by atoms with Gasteiger partial charge in [-0.15, -0.1) is 11.3 Å². The zero-order valence-electron chi connectivity index (χ0n) is 15.7. The molecular weight excluding hydrogens is 370 g/mol. The van der Waals surface area contributed by atoms with Gasteiger partial charge in [0.05, 0.1) is 34.6 Å². The first-order valence-electron chi connectivity index (χ1n) is 9.13. The molecule has 0 aliphatic carbocycles. The summed E-state index contributed by atoms with van der Waals surface area (Å²) < 4.78 is 5.94. The summed E-state index contributed by atoms with van der Waals surface area (Å²) in [5.41, 5.74) is 3.92. The number of rotatable bonds is 4. The van der Waals surface area contributed by atoms with Gasteiger partial charge in [0, 0.05) is 10.9 Å². The second-order valence-electron chi connectivity index (χ2n) is 6.64. The molecule has 0 saturated carbocycles. The van der Waals surface area contributed by atoms with Gasteiger partial charge in [-0.25, -0.2) is 4.98 Å². The maximum atomic E-state index is 13.1. The molecule has 3 aromatic rings. The van der Waals surface area contributed by atoms with E-state index in [1.807, 2.05) is 55.6 Å². The Morgan fingerprint density at radius 3 is 2.82 bits per heavy atom. The van der Waals surface area contributed by atoms with Crippen LogP contribution in [0.25, 0.3) is 11.3 Å². The lowest BCUT2D eigenvalue weighted by atomic mass is 10.0. The fourth-order valence-electron chi connectivity index (χ4n) is 3.34. The van der Waals surface area contributed by atoms with Gasteiger partial charge in [0.2, 0.25) is 0 Å². The summed E-state index contributed by atoms with van der Waals surface area (Å²) in [7, 11) is 0. The number of nitrogens with zero attached hydrogens (tertiary/aromatic N) is 3. The Morgan fingerprint density at radius 2 is 2.11 bits per heavy atom. The van der Waals surface area contributed by atoms with Crippen LogP contribution < -0.4 is 9.64 Å². The van der Waals surface area contributed by atoms with Gasteiger partial charge < -0.3 is 9.64 Å². The van der Waals surface area contributed by atoms with Crippen LogP contribution in [0.4, 0.5) is 5.69 Å². The molecule has 6 heteroatoms. The SMILES string of the molecule is CCC1Oc2ccc(-c3csc(C)n3)cc2N(Cc2ccccc2C#N)C1=O. The number of nitriles is 1. The smallest absolute Gasteiger partial charge is 0.268 e. The highest BCUT2D eigenvalue weighted by Crippen LogP contribution is 2.39. The number of hydrogen-bond donors (Lipinski definition) is 0. The van der Waals surface area contributed by atoms with Crippen LogP contribution in [0.1, 0.15) is 29.5 Å². The minimum Gasteiger partial charge on any atom is -0.478 e. The quantitative estimate of drug-likeness (QED) is 0.649. The molecule has 0 spiro atoms. The molecule has 1 unspecified atom stereocenters. The molecule has 0 fully saturated rings. The average molecular weight is 389 g/mol. The Bertz CT molecular complexity index is 1080. The molecule has 140 valence electrons. The Balaban J connectivity index is 1.79. The molecule has 5 nitrogen and oxygen atoms in total. The number of fused-ring (bicyclic) bond motifs is 1. The van der Waals surface area contributed by atoms with Crippen LogP contribution in [0.5, 0.6) is 5.75 Å². The molecular formula is C22H19N3O2S. The van der Waals surface area contributed by atoms with Gasteiger partial charge in [-0.05, 0) is 43.2 Å². The largest absolute Gasteiger partial charge is 0.478 e. The maximum Gasteiger partial charge on any atom is 0.268 e. The Hall–Kier alpha value is -3.17. The van der Waals surface area contributed by atoms with Crippen molar-refractivity contribution in [3.8, 4) is 23.1 Å². The fourth-order valence-corrected chi connectivity index (χ4v) is 3.96. The number of carbonyl (C=O) groups is 1. The fraction of sp³-hybridized carbons (Fsp3) is 0.227. The number of aromatic nitrogens is 1. The molecule has 1 atom stereocenters. The van der Waals surface area contributed by atoms with E-state index < -0.39 is 6.10 Å². The number of thiazole rings is 1. The van der Waals surface area contributed by atoms with Crippen molar-refractivity contribution in [2.75, 3.05) is 4.90 Å². The molecule has 0 bridgehead atoms. The molecule has 2 aromatic carbocycles. The topological polar surface area (TPSA) is 66.2 Å². The summed E-state index contributed by atoms with van der Waals surface area (Å²) in [5, 5.41) is 12.4. The van der Waals surface area contributed by atoms with Crippen LogP contribution >= 0.6 is 11.3 Å². The average Bonchev–Trinajstić information content (AvgIpc) is 3.16. The van der Waals surface area contributed by atoms with Crippen molar-refractivity contribution in [3.63, 3.8) is 0 Å². The predicted molar refractivity (Wildman–Crippen MR) is 109 cm³/mol. The molecule has 4 rings (SSSR count). The van der Waals surface area contributed by atoms with E-state index in [1.54, 1.807) is 22.3 Å². The molecule has 0 saturated heterocycles. The van der Waals surface area contributed by atoms with E-state index in [-0.39, 0.29) is 5.91 Å². The third-order valence-electron chi connectivity index (χ3n) is 4.81. The Kier molecular flexibility index (Phi) is 4.84. The Labute approximate surface area is 167 Å². The minimum absolute atomic E-state index is 0.0886. The van der Waals surface area contributed by atoms with Crippen molar-refractivity contribution < 1.29 is 9.53 Å². The zero-order valence-corrected chi connectivity index (χ0v) is 16.5. The van der Waals surface area contributed by atoms with Gasteiger partial charge in [0.1, 0.15) is 5.75 Å². The maximum absolute atomic E-state index is 13.1. The summed E-state index contributed by atoms with van der Waals surface area (Å²) >= 11 is 1.59. The summed E-state index contributed by atoms with van der Waals surface area (Å²) in [5.74, 6) is 0.589. The predicted octanol–water partition coefficient (Wildman–Crippen LogP) is 4.69. The van der Waals surface area contributed by atoms with Gasteiger partial charge in [0.25, 0.3) is 5.91 Å². The van der Waals surface area contributed by atoms with E-state index in [0.29, 0.717) is 30.0 Å². The lowest BCUT2D eigenvalue weighted by molar-refractivity contribution is -0.126. The second-order valence-corrected chi connectivity index (χ2v) is 7.70. The lowest BCUT2D eigenvalue weighted by Gasteiger charge is -2.34. The van der Waals surface area contributed by atoms with Crippen molar-refractivity contribution in [1.82, 2.24) is 4.98 Å². The molecule has 1 aliphatic rings. The van der Waals surface area contributed by atoms with E-state index >= 15 is 0 Å². The molecule has 0 radical (unpaired) electrons. The number of ether oxygens (including phenoxy) is 1. The number of anilines is 1. The number of carbonyl (C=O) groups excluding carboxylic acids is 1. The molecule has 2 heterocycles. The first kappa shape index (κ1) is 18.2. The van der Waals surface area contributed by atoms with E-state index in [2.05, 4.69) is 11.1 Å². The minimum atomic E-state index is -0.519. The molecule has 1 amide bonds. The van der Waals surface area contributed by atoms with E-state index in [0.717, 1.165) is 21.8 Å². The highest BCUT2D eigenvalue weighted by Gasteiger charge is 2.34. The van der Waals surface area contributed by atoms with Crippen molar-refractivity contribution in [2.24, 2.45) is 0 Å². The monoisotopic (exact) mass is 389 g/mol. The highest BCUT2D eigenvalue weighted by atomic mass is 32.1. The van der Waals surface area contributed by atoms with E-state index in [4.69, 9.17) is 4.74 Å². The van der Waals surface area contributed by atoms with Crippen LogP contribution in [0.15, 0.2) is 47.8 Å². The third kappa shape index (κ3) is 3.25. The molecule has 1 aromatic heterocycles. The zero-order chi connectivity index (χ0) is 19.7. The van der Waals surface area contributed by atoms with Crippen molar-refractivity contribution >= 4 is 22.9 Å². The summed E-state index contributed by atoms with van der Waals surface area (Å²) in [6.45, 7) is 4.23. The van der Waals surface area contributed by atoms with Crippen LogP contribution in [0.2, 0.25) is 0 Å². The Morgan fingerprint density at radius 1 is 1.29 bits per heavy atom. The summed E-state index contributed by atoms with van der Waals surface area (Å²) in [6, 6.07) is 15.4. The van der Waals surface area contributed by atoms with Crippen LogP contribution in [0.3, 0.4) is 0 Å².